The molecule has 1 N–H and O–H groups in total. The molecule has 1 aromatic rings. The van der Waals surface area contributed by atoms with Gasteiger partial charge in [0.2, 0.25) is 5.12 Å². The third-order valence-corrected chi connectivity index (χ3v) is 4.35. The van der Waals surface area contributed by atoms with Crippen molar-refractivity contribution < 1.29 is 14.7 Å². The van der Waals surface area contributed by atoms with Gasteiger partial charge in [-0.2, -0.15) is 0 Å². The van der Waals surface area contributed by atoms with Crippen LogP contribution in [-0.2, 0) is 4.79 Å². The van der Waals surface area contributed by atoms with Gasteiger partial charge in [0, 0.05) is 10.8 Å². The molecule has 1 aromatic carbocycles. The predicted octanol–water partition coefficient (Wildman–Crippen LogP) is 2.81. The standard InChI is InChI=1S/C13H14O3S/c14-12(15)10-7-4-8-11(10)17-13(16)9-5-2-1-3-6-9/h1-3,5-6,10-11H,4,7-8H2,(H,14,15)/t10-,11-/m1/s1. The summed E-state index contributed by atoms with van der Waals surface area (Å²) in [6.45, 7) is 0. The number of aliphatic carboxylic acids is 1. The van der Waals surface area contributed by atoms with Crippen LogP contribution in [0.2, 0.25) is 0 Å². The number of carboxylic acids is 1. The van der Waals surface area contributed by atoms with Gasteiger partial charge < -0.3 is 5.11 Å². The van der Waals surface area contributed by atoms with Crippen molar-refractivity contribution in [2.24, 2.45) is 5.92 Å². The molecule has 4 heteroatoms. The first-order valence-corrected chi connectivity index (χ1v) is 6.55. The molecule has 0 spiro atoms. The molecule has 1 fully saturated rings. The van der Waals surface area contributed by atoms with Gasteiger partial charge in [-0.15, -0.1) is 0 Å². The molecule has 0 amide bonds. The molecular weight excluding hydrogens is 236 g/mol. The molecule has 90 valence electrons. The Morgan fingerprint density at radius 2 is 1.88 bits per heavy atom. The van der Waals surface area contributed by atoms with Gasteiger partial charge in [0.25, 0.3) is 0 Å². The zero-order valence-corrected chi connectivity index (χ0v) is 10.2. The smallest absolute Gasteiger partial charge is 0.307 e. The van der Waals surface area contributed by atoms with E-state index in [9.17, 15) is 9.59 Å². The summed E-state index contributed by atoms with van der Waals surface area (Å²) in [5.74, 6) is -1.14. The lowest BCUT2D eigenvalue weighted by molar-refractivity contribution is -0.141. The van der Waals surface area contributed by atoms with E-state index in [1.807, 2.05) is 18.2 Å². The van der Waals surface area contributed by atoms with Crippen molar-refractivity contribution >= 4 is 22.8 Å². The van der Waals surface area contributed by atoms with Gasteiger partial charge in [0.1, 0.15) is 0 Å². The zero-order valence-electron chi connectivity index (χ0n) is 9.33. The Kier molecular flexibility index (Phi) is 3.84. The predicted molar refractivity (Wildman–Crippen MR) is 67.1 cm³/mol. The van der Waals surface area contributed by atoms with Gasteiger partial charge in [0.15, 0.2) is 0 Å². The summed E-state index contributed by atoms with van der Waals surface area (Å²) in [7, 11) is 0. The molecule has 1 aliphatic carbocycles. The molecule has 17 heavy (non-hydrogen) atoms. The number of thioether (sulfide) groups is 1. The fourth-order valence-corrected chi connectivity index (χ4v) is 3.38. The van der Waals surface area contributed by atoms with Gasteiger partial charge >= 0.3 is 5.97 Å². The molecule has 0 heterocycles. The number of hydrogen-bond acceptors (Lipinski definition) is 3. The maximum atomic E-state index is 11.9. The first-order chi connectivity index (χ1) is 8.18. The third kappa shape index (κ3) is 2.88. The number of carbonyl (C=O) groups is 2. The van der Waals surface area contributed by atoms with E-state index in [0.29, 0.717) is 12.0 Å². The van der Waals surface area contributed by atoms with Crippen molar-refractivity contribution in [3.8, 4) is 0 Å². The highest BCUT2D eigenvalue weighted by molar-refractivity contribution is 8.14. The molecule has 0 unspecified atom stereocenters. The van der Waals surface area contributed by atoms with Gasteiger partial charge in [-0.3, -0.25) is 9.59 Å². The second-order valence-electron chi connectivity index (χ2n) is 4.19. The minimum Gasteiger partial charge on any atom is -0.481 e. The molecule has 0 saturated heterocycles. The van der Waals surface area contributed by atoms with Crippen LogP contribution in [0.15, 0.2) is 30.3 Å². The second kappa shape index (κ2) is 5.36. The summed E-state index contributed by atoms with van der Waals surface area (Å²) < 4.78 is 0. The Labute approximate surface area is 104 Å². The van der Waals surface area contributed by atoms with Crippen molar-refractivity contribution in [3.63, 3.8) is 0 Å². The average Bonchev–Trinajstić information content (AvgIpc) is 2.78. The molecule has 2 atom stereocenters. The van der Waals surface area contributed by atoms with E-state index in [0.717, 1.165) is 12.8 Å². The Morgan fingerprint density at radius 3 is 2.53 bits per heavy atom. The monoisotopic (exact) mass is 250 g/mol. The molecule has 0 aromatic heterocycles. The Bertz CT molecular complexity index is 416. The zero-order chi connectivity index (χ0) is 12.3. The molecule has 0 bridgehead atoms. The Morgan fingerprint density at radius 1 is 1.18 bits per heavy atom. The fraction of sp³-hybridized carbons (Fsp3) is 0.385. The van der Waals surface area contributed by atoms with Crippen LogP contribution in [0.4, 0.5) is 0 Å². The lowest BCUT2D eigenvalue weighted by atomic mass is 10.1. The third-order valence-electron chi connectivity index (χ3n) is 3.04. The van der Waals surface area contributed by atoms with E-state index >= 15 is 0 Å². The average molecular weight is 250 g/mol. The number of rotatable bonds is 3. The van der Waals surface area contributed by atoms with E-state index in [4.69, 9.17) is 5.11 Å². The quantitative estimate of drug-likeness (QED) is 0.896. The summed E-state index contributed by atoms with van der Waals surface area (Å²) in [4.78, 5) is 22.9. The highest BCUT2D eigenvalue weighted by Crippen LogP contribution is 2.36. The number of hydrogen-bond donors (Lipinski definition) is 1. The number of benzene rings is 1. The Hall–Kier alpha value is -1.29. The number of carbonyl (C=O) groups excluding carboxylic acids is 1. The van der Waals surface area contributed by atoms with Crippen LogP contribution in [0.1, 0.15) is 29.6 Å². The van der Waals surface area contributed by atoms with Crippen molar-refractivity contribution in [1.82, 2.24) is 0 Å². The van der Waals surface area contributed by atoms with Gasteiger partial charge in [0.05, 0.1) is 5.92 Å². The van der Waals surface area contributed by atoms with Crippen LogP contribution in [0.25, 0.3) is 0 Å². The lowest BCUT2D eigenvalue weighted by Gasteiger charge is -2.13. The summed E-state index contributed by atoms with van der Waals surface area (Å²) in [5.41, 5.74) is 0.647. The van der Waals surface area contributed by atoms with Crippen LogP contribution in [-0.4, -0.2) is 21.4 Å². The van der Waals surface area contributed by atoms with E-state index < -0.39 is 5.97 Å². The van der Waals surface area contributed by atoms with Crippen molar-refractivity contribution in [3.05, 3.63) is 35.9 Å². The van der Waals surface area contributed by atoms with Gasteiger partial charge in [-0.25, -0.2) is 0 Å². The summed E-state index contributed by atoms with van der Waals surface area (Å²) in [6.07, 6.45) is 2.41. The fourth-order valence-electron chi connectivity index (χ4n) is 2.13. The van der Waals surface area contributed by atoms with Crippen molar-refractivity contribution in [2.75, 3.05) is 0 Å². The first kappa shape index (κ1) is 12.2. The van der Waals surface area contributed by atoms with Crippen LogP contribution >= 0.6 is 11.8 Å². The maximum Gasteiger partial charge on any atom is 0.307 e. The summed E-state index contributed by atoms with van der Waals surface area (Å²) in [6, 6.07) is 9.02. The highest BCUT2D eigenvalue weighted by atomic mass is 32.2. The van der Waals surface area contributed by atoms with Crippen LogP contribution in [0.5, 0.6) is 0 Å². The minimum absolute atomic E-state index is 0.0243. The van der Waals surface area contributed by atoms with Crippen LogP contribution < -0.4 is 0 Å². The summed E-state index contributed by atoms with van der Waals surface area (Å²) in [5, 5.41) is 8.95. The number of carboxylic acid groups (broad SMARTS) is 1. The van der Waals surface area contributed by atoms with Crippen molar-refractivity contribution in [1.29, 1.82) is 0 Å². The lowest BCUT2D eigenvalue weighted by Crippen LogP contribution is -2.21. The minimum atomic E-state index is -0.777. The highest BCUT2D eigenvalue weighted by Gasteiger charge is 2.34. The SMILES string of the molecule is O=C(S[C@@H]1CCC[C@H]1C(=O)O)c1ccccc1. The molecular formula is C13H14O3S. The molecule has 1 aliphatic rings. The largest absolute Gasteiger partial charge is 0.481 e. The van der Waals surface area contributed by atoms with E-state index in [-0.39, 0.29) is 16.3 Å². The topological polar surface area (TPSA) is 54.4 Å². The molecule has 0 radical (unpaired) electrons. The second-order valence-corrected chi connectivity index (χ2v) is 5.40. The maximum absolute atomic E-state index is 11.9. The van der Waals surface area contributed by atoms with Crippen molar-refractivity contribution in [2.45, 2.75) is 24.5 Å². The Balaban J connectivity index is 2.02. The van der Waals surface area contributed by atoms with E-state index in [1.54, 1.807) is 12.1 Å². The summed E-state index contributed by atoms with van der Waals surface area (Å²) >= 11 is 1.18. The van der Waals surface area contributed by atoms with Crippen LogP contribution in [0, 0.1) is 5.92 Å². The molecule has 3 nitrogen and oxygen atoms in total. The molecule has 1 saturated carbocycles. The van der Waals surface area contributed by atoms with E-state index in [2.05, 4.69) is 0 Å². The van der Waals surface area contributed by atoms with Crippen LogP contribution in [0.3, 0.4) is 0 Å². The first-order valence-electron chi connectivity index (χ1n) is 5.67. The molecule has 0 aliphatic heterocycles. The normalized spacial score (nSPS) is 23.5. The van der Waals surface area contributed by atoms with E-state index in [1.165, 1.54) is 11.8 Å². The van der Waals surface area contributed by atoms with Gasteiger partial charge in [-0.05, 0) is 12.8 Å². The van der Waals surface area contributed by atoms with Gasteiger partial charge in [-0.1, -0.05) is 48.5 Å². The molecule has 2 rings (SSSR count).